The van der Waals surface area contributed by atoms with E-state index in [1.54, 1.807) is 13.0 Å². The van der Waals surface area contributed by atoms with Crippen LogP contribution in [-0.2, 0) is 6.54 Å². The van der Waals surface area contributed by atoms with Crippen LogP contribution in [-0.4, -0.2) is 16.6 Å². The van der Waals surface area contributed by atoms with Gasteiger partial charge in [-0.2, -0.15) is 0 Å². The molecule has 0 saturated heterocycles. The second-order valence-electron chi connectivity index (χ2n) is 5.46. The standard InChI is InChI=1S/C14H21NO3/c1-10-12(13(16)17)8-11(18-10)9-15-14(2)6-4-3-5-7-14/h8,15H,3-7,9H2,1-2H3,(H,16,17). The van der Waals surface area contributed by atoms with Crippen molar-refractivity contribution in [2.45, 2.75) is 58.0 Å². The maximum absolute atomic E-state index is 10.9. The van der Waals surface area contributed by atoms with Gasteiger partial charge in [-0.25, -0.2) is 4.79 Å². The van der Waals surface area contributed by atoms with E-state index in [0.717, 1.165) is 0 Å². The van der Waals surface area contributed by atoms with E-state index in [1.165, 1.54) is 32.1 Å². The van der Waals surface area contributed by atoms with Gasteiger partial charge in [-0.3, -0.25) is 0 Å². The Balaban J connectivity index is 1.97. The summed E-state index contributed by atoms with van der Waals surface area (Å²) >= 11 is 0. The van der Waals surface area contributed by atoms with Gasteiger partial charge < -0.3 is 14.8 Å². The van der Waals surface area contributed by atoms with Crippen LogP contribution < -0.4 is 5.32 Å². The molecule has 1 fully saturated rings. The molecule has 0 aromatic carbocycles. The molecule has 0 aliphatic heterocycles. The summed E-state index contributed by atoms with van der Waals surface area (Å²) in [5, 5.41) is 12.5. The van der Waals surface area contributed by atoms with Gasteiger partial charge in [0.05, 0.1) is 6.54 Å². The van der Waals surface area contributed by atoms with Crippen molar-refractivity contribution in [2.24, 2.45) is 0 Å². The molecule has 1 aromatic rings. The van der Waals surface area contributed by atoms with E-state index in [2.05, 4.69) is 12.2 Å². The molecule has 18 heavy (non-hydrogen) atoms. The fourth-order valence-corrected chi connectivity index (χ4v) is 2.65. The Morgan fingerprint density at radius 2 is 2.11 bits per heavy atom. The molecular weight excluding hydrogens is 230 g/mol. The molecule has 1 aliphatic rings. The molecule has 0 atom stereocenters. The van der Waals surface area contributed by atoms with Crippen LogP contribution >= 0.6 is 0 Å². The molecule has 0 unspecified atom stereocenters. The van der Waals surface area contributed by atoms with E-state index >= 15 is 0 Å². The first-order valence-electron chi connectivity index (χ1n) is 6.58. The summed E-state index contributed by atoms with van der Waals surface area (Å²) in [7, 11) is 0. The Hall–Kier alpha value is -1.29. The average Bonchev–Trinajstić information content (AvgIpc) is 2.69. The van der Waals surface area contributed by atoms with Gasteiger partial charge in [-0.1, -0.05) is 19.3 Å². The normalized spacial score (nSPS) is 18.8. The topological polar surface area (TPSA) is 62.5 Å². The van der Waals surface area contributed by atoms with Crippen molar-refractivity contribution in [2.75, 3.05) is 0 Å². The number of aromatic carboxylic acids is 1. The average molecular weight is 251 g/mol. The minimum absolute atomic E-state index is 0.169. The van der Waals surface area contributed by atoms with Crippen LogP contribution in [0.4, 0.5) is 0 Å². The molecule has 0 amide bonds. The van der Waals surface area contributed by atoms with Gasteiger partial charge in [0.1, 0.15) is 17.1 Å². The summed E-state index contributed by atoms with van der Waals surface area (Å²) in [4.78, 5) is 10.9. The van der Waals surface area contributed by atoms with E-state index in [1.807, 2.05) is 0 Å². The minimum atomic E-state index is -0.925. The zero-order valence-electron chi connectivity index (χ0n) is 11.1. The third-order valence-corrected chi connectivity index (χ3v) is 3.85. The fraction of sp³-hybridized carbons (Fsp3) is 0.643. The zero-order chi connectivity index (χ0) is 13.2. The van der Waals surface area contributed by atoms with E-state index in [9.17, 15) is 4.79 Å². The molecular formula is C14H21NO3. The number of nitrogens with one attached hydrogen (secondary N) is 1. The van der Waals surface area contributed by atoms with Crippen molar-refractivity contribution >= 4 is 5.97 Å². The molecule has 4 nitrogen and oxygen atoms in total. The maximum Gasteiger partial charge on any atom is 0.339 e. The van der Waals surface area contributed by atoms with Crippen LogP contribution in [0.3, 0.4) is 0 Å². The Labute approximate surface area is 107 Å². The van der Waals surface area contributed by atoms with E-state index in [4.69, 9.17) is 9.52 Å². The van der Waals surface area contributed by atoms with Crippen molar-refractivity contribution < 1.29 is 14.3 Å². The Morgan fingerprint density at radius 1 is 1.44 bits per heavy atom. The summed E-state index contributed by atoms with van der Waals surface area (Å²) in [5.74, 6) is 0.260. The highest BCUT2D eigenvalue weighted by Crippen LogP contribution is 2.28. The molecule has 1 saturated carbocycles. The molecule has 100 valence electrons. The largest absolute Gasteiger partial charge is 0.478 e. The lowest BCUT2D eigenvalue weighted by atomic mass is 9.83. The maximum atomic E-state index is 10.9. The number of hydrogen-bond acceptors (Lipinski definition) is 3. The molecule has 0 spiro atoms. The smallest absolute Gasteiger partial charge is 0.339 e. The Kier molecular flexibility index (Phi) is 3.76. The highest BCUT2D eigenvalue weighted by atomic mass is 16.4. The van der Waals surface area contributed by atoms with Gasteiger partial charge in [-0.15, -0.1) is 0 Å². The zero-order valence-corrected chi connectivity index (χ0v) is 11.1. The number of hydrogen-bond donors (Lipinski definition) is 2. The minimum Gasteiger partial charge on any atom is -0.478 e. The molecule has 1 aromatic heterocycles. The molecule has 2 N–H and O–H groups in total. The number of rotatable bonds is 4. The van der Waals surface area contributed by atoms with Crippen LogP contribution in [0.5, 0.6) is 0 Å². The van der Waals surface area contributed by atoms with Crippen molar-refractivity contribution in [3.63, 3.8) is 0 Å². The highest BCUT2D eigenvalue weighted by Gasteiger charge is 2.26. The van der Waals surface area contributed by atoms with Gasteiger partial charge in [0.15, 0.2) is 0 Å². The lowest BCUT2D eigenvalue weighted by Gasteiger charge is -2.34. The molecule has 0 radical (unpaired) electrons. The van der Waals surface area contributed by atoms with Crippen LogP contribution in [0.25, 0.3) is 0 Å². The van der Waals surface area contributed by atoms with Crippen molar-refractivity contribution in [1.82, 2.24) is 5.32 Å². The van der Waals surface area contributed by atoms with Gasteiger partial charge in [0.2, 0.25) is 0 Å². The monoisotopic (exact) mass is 251 g/mol. The Bertz CT molecular complexity index is 430. The summed E-state index contributed by atoms with van der Waals surface area (Å²) in [5.41, 5.74) is 0.433. The van der Waals surface area contributed by atoms with Gasteiger partial charge in [-0.05, 0) is 32.8 Å². The number of carboxylic acids is 1. The van der Waals surface area contributed by atoms with Crippen molar-refractivity contribution in [3.8, 4) is 0 Å². The second-order valence-corrected chi connectivity index (χ2v) is 5.46. The van der Waals surface area contributed by atoms with Crippen LogP contribution in [0, 0.1) is 6.92 Å². The third-order valence-electron chi connectivity index (χ3n) is 3.85. The molecule has 2 rings (SSSR count). The number of carboxylic acid groups (broad SMARTS) is 1. The lowest BCUT2D eigenvalue weighted by Crippen LogP contribution is -2.43. The SMILES string of the molecule is Cc1oc(CNC2(C)CCCCC2)cc1C(=O)O. The van der Waals surface area contributed by atoms with Gasteiger partial charge in [0, 0.05) is 5.54 Å². The first kappa shape index (κ1) is 13.1. The van der Waals surface area contributed by atoms with E-state index in [-0.39, 0.29) is 11.1 Å². The fourth-order valence-electron chi connectivity index (χ4n) is 2.65. The number of furan rings is 1. The first-order valence-corrected chi connectivity index (χ1v) is 6.58. The summed E-state index contributed by atoms with van der Waals surface area (Å²) in [6.45, 7) is 4.53. The number of aryl methyl sites for hydroxylation is 1. The van der Waals surface area contributed by atoms with E-state index < -0.39 is 5.97 Å². The number of carbonyl (C=O) groups is 1. The summed E-state index contributed by atoms with van der Waals surface area (Å²) in [6.07, 6.45) is 6.21. The molecule has 1 aliphatic carbocycles. The van der Waals surface area contributed by atoms with Gasteiger partial charge >= 0.3 is 5.97 Å². The summed E-state index contributed by atoms with van der Waals surface area (Å²) < 4.78 is 5.47. The lowest BCUT2D eigenvalue weighted by molar-refractivity contribution is 0.0695. The van der Waals surface area contributed by atoms with Crippen molar-refractivity contribution in [1.29, 1.82) is 0 Å². The van der Waals surface area contributed by atoms with Crippen LogP contribution in [0.2, 0.25) is 0 Å². The molecule has 4 heteroatoms. The van der Waals surface area contributed by atoms with E-state index in [0.29, 0.717) is 18.1 Å². The predicted octanol–water partition coefficient (Wildman–Crippen LogP) is 3.10. The highest BCUT2D eigenvalue weighted by molar-refractivity contribution is 5.88. The Morgan fingerprint density at radius 3 is 2.67 bits per heavy atom. The quantitative estimate of drug-likeness (QED) is 0.863. The van der Waals surface area contributed by atoms with Crippen molar-refractivity contribution in [3.05, 3.63) is 23.2 Å². The van der Waals surface area contributed by atoms with Crippen LogP contribution in [0.1, 0.15) is 60.9 Å². The summed E-state index contributed by atoms with van der Waals surface area (Å²) in [6, 6.07) is 1.62. The van der Waals surface area contributed by atoms with Crippen LogP contribution in [0.15, 0.2) is 10.5 Å². The third kappa shape index (κ3) is 2.93. The predicted molar refractivity (Wildman–Crippen MR) is 68.7 cm³/mol. The second kappa shape index (κ2) is 5.14. The first-order chi connectivity index (χ1) is 8.50. The molecule has 0 bridgehead atoms. The molecule has 1 heterocycles. The van der Waals surface area contributed by atoms with Gasteiger partial charge in [0.25, 0.3) is 0 Å².